The molecule has 0 radical (unpaired) electrons. The van der Waals surface area contributed by atoms with Crippen LogP contribution in [0.1, 0.15) is 20.7 Å². The second-order valence-electron chi connectivity index (χ2n) is 5.02. The molecule has 0 saturated carbocycles. The van der Waals surface area contributed by atoms with Crippen LogP contribution in [0, 0.1) is 10.1 Å². The average molecular weight is 363 g/mol. The molecule has 0 fully saturated rings. The monoisotopic (exact) mass is 362 g/mol. The van der Waals surface area contributed by atoms with Gasteiger partial charge >= 0.3 is 0 Å². The Bertz CT molecular complexity index is 838. The lowest BCUT2D eigenvalue weighted by Gasteiger charge is -2.13. The van der Waals surface area contributed by atoms with Crippen molar-refractivity contribution in [2.75, 3.05) is 12.3 Å². The van der Waals surface area contributed by atoms with E-state index in [9.17, 15) is 19.7 Å². The summed E-state index contributed by atoms with van der Waals surface area (Å²) in [7, 11) is 0. The SMILES string of the molecule is O=C1c2cccc([N+](=O)[O-])c2C(=O)N1CCSc1ccc(Cl)cc1. The smallest absolute Gasteiger partial charge is 0.273 e. The summed E-state index contributed by atoms with van der Waals surface area (Å²) in [5.74, 6) is -0.615. The quantitative estimate of drug-likeness (QED) is 0.351. The molecular weight excluding hydrogens is 352 g/mol. The van der Waals surface area contributed by atoms with Gasteiger partial charge in [0.2, 0.25) is 0 Å². The topological polar surface area (TPSA) is 80.5 Å². The van der Waals surface area contributed by atoms with E-state index in [0.717, 1.165) is 9.80 Å². The van der Waals surface area contributed by atoms with E-state index in [0.29, 0.717) is 10.8 Å². The predicted octanol–water partition coefficient (Wildman–Crippen LogP) is 3.64. The van der Waals surface area contributed by atoms with Crippen LogP contribution < -0.4 is 0 Å². The molecule has 122 valence electrons. The van der Waals surface area contributed by atoms with Crippen molar-refractivity contribution in [1.29, 1.82) is 0 Å². The first-order valence-corrected chi connectivity index (χ1v) is 8.37. The second-order valence-corrected chi connectivity index (χ2v) is 6.63. The van der Waals surface area contributed by atoms with Gasteiger partial charge in [-0.25, -0.2) is 0 Å². The minimum absolute atomic E-state index is 0.0886. The molecular formula is C16H11ClN2O4S. The standard InChI is InChI=1S/C16H11ClN2O4S/c17-10-4-6-11(7-5-10)24-9-8-18-15(20)12-2-1-3-13(19(22)23)14(12)16(18)21/h1-7H,8-9H2. The van der Waals surface area contributed by atoms with Crippen molar-refractivity contribution in [3.8, 4) is 0 Å². The molecule has 0 saturated heterocycles. The largest absolute Gasteiger partial charge is 0.282 e. The summed E-state index contributed by atoms with van der Waals surface area (Å²) in [5.41, 5.74) is -0.367. The fraction of sp³-hybridized carbons (Fsp3) is 0.125. The molecule has 1 aliphatic rings. The predicted molar refractivity (Wildman–Crippen MR) is 90.6 cm³/mol. The highest BCUT2D eigenvalue weighted by molar-refractivity contribution is 7.99. The number of hydrogen-bond donors (Lipinski definition) is 0. The highest BCUT2D eigenvalue weighted by atomic mass is 35.5. The zero-order valence-electron chi connectivity index (χ0n) is 12.3. The van der Waals surface area contributed by atoms with Crippen LogP contribution >= 0.6 is 23.4 Å². The highest BCUT2D eigenvalue weighted by Gasteiger charge is 2.40. The minimum Gasteiger partial charge on any atom is -0.273 e. The van der Waals surface area contributed by atoms with Crippen LogP contribution in [-0.2, 0) is 0 Å². The normalized spacial score (nSPS) is 13.3. The van der Waals surface area contributed by atoms with Gasteiger partial charge in [0, 0.05) is 28.3 Å². The van der Waals surface area contributed by atoms with Gasteiger partial charge in [0.15, 0.2) is 0 Å². The lowest BCUT2D eigenvalue weighted by Crippen LogP contribution is -2.31. The van der Waals surface area contributed by atoms with E-state index >= 15 is 0 Å². The first kappa shape index (κ1) is 16.5. The van der Waals surface area contributed by atoms with Gasteiger partial charge in [0.25, 0.3) is 17.5 Å². The van der Waals surface area contributed by atoms with Gasteiger partial charge in [-0.1, -0.05) is 17.7 Å². The number of thioether (sulfide) groups is 1. The summed E-state index contributed by atoms with van der Waals surface area (Å²) in [6, 6.07) is 11.3. The number of nitro groups is 1. The molecule has 1 heterocycles. The number of rotatable bonds is 5. The average Bonchev–Trinajstić information content (AvgIpc) is 2.81. The number of nitro benzene ring substituents is 1. The number of fused-ring (bicyclic) bond motifs is 1. The summed E-state index contributed by atoms with van der Waals surface area (Å²) < 4.78 is 0. The fourth-order valence-electron chi connectivity index (χ4n) is 2.46. The van der Waals surface area contributed by atoms with Crippen LogP contribution in [0.25, 0.3) is 0 Å². The van der Waals surface area contributed by atoms with Crippen LogP contribution in [0.3, 0.4) is 0 Å². The Balaban J connectivity index is 1.73. The molecule has 0 bridgehead atoms. The van der Waals surface area contributed by atoms with E-state index in [1.807, 2.05) is 12.1 Å². The molecule has 8 heteroatoms. The Morgan fingerprint density at radius 2 is 1.79 bits per heavy atom. The molecule has 1 aliphatic heterocycles. The van der Waals surface area contributed by atoms with Gasteiger partial charge in [0.1, 0.15) is 5.56 Å². The van der Waals surface area contributed by atoms with Crippen LogP contribution in [0.2, 0.25) is 5.02 Å². The van der Waals surface area contributed by atoms with Crippen molar-refractivity contribution in [2.45, 2.75) is 4.90 Å². The van der Waals surface area contributed by atoms with Crippen molar-refractivity contribution in [3.05, 3.63) is 68.7 Å². The summed E-state index contributed by atoms with van der Waals surface area (Å²) in [4.78, 5) is 37.1. The van der Waals surface area contributed by atoms with Crippen molar-refractivity contribution >= 4 is 40.9 Å². The first-order chi connectivity index (χ1) is 11.5. The lowest BCUT2D eigenvalue weighted by molar-refractivity contribution is -0.385. The minimum atomic E-state index is -0.643. The number of imide groups is 1. The molecule has 0 N–H and O–H groups in total. The van der Waals surface area contributed by atoms with Gasteiger partial charge in [-0.05, 0) is 30.3 Å². The van der Waals surface area contributed by atoms with E-state index in [1.165, 1.54) is 30.0 Å². The molecule has 0 aliphatic carbocycles. The van der Waals surface area contributed by atoms with Gasteiger partial charge in [-0.15, -0.1) is 11.8 Å². The Labute approximate surface area is 146 Å². The Morgan fingerprint density at radius 3 is 2.46 bits per heavy atom. The third-order valence-electron chi connectivity index (χ3n) is 3.57. The molecule has 0 atom stereocenters. The maximum absolute atomic E-state index is 12.4. The number of carbonyl (C=O) groups excluding carboxylic acids is 2. The van der Waals surface area contributed by atoms with Crippen LogP contribution in [0.5, 0.6) is 0 Å². The van der Waals surface area contributed by atoms with Gasteiger partial charge < -0.3 is 0 Å². The summed E-state index contributed by atoms with van der Waals surface area (Å²) in [6.07, 6.45) is 0. The lowest BCUT2D eigenvalue weighted by atomic mass is 10.1. The molecule has 0 unspecified atom stereocenters. The van der Waals surface area contributed by atoms with Crippen molar-refractivity contribution < 1.29 is 14.5 Å². The molecule has 24 heavy (non-hydrogen) atoms. The van der Waals surface area contributed by atoms with E-state index in [4.69, 9.17) is 11.6 Å². The third-order valence-corrected chi connectivity index (χ3v) is 4.82. The summed E-state index contributed by atoms with van der Waals surface area (Å²) in [6.45, 7) is 0.177. The molecule has 2 amide bonds. The van der Waals surface area contributed by atoms with Crippen molar-refractivity contribution in [1.82, 2.24) is 4.90 Å². The highest BCUT2D eigenvalue weighted by Crippen LogP contribution is 2.31. The maximum Gasteiger partial charge on any atom is 0.282 e. The Kier molecular flexibility index (Phi) is 4.55. The molecule has 3 rings (SSSR count). The Hall–Kier alpha value is -2.38. The number of nitrogens with zero attached hydrogens (tertiary/aromatic N) is 2. The number of benzene rings is 2. The molecule has 0 spiro atoms. The zero-order chi connectivity index (χ0) is 17.3. The third kappa shape index (κ3) is 3.00. The van der Waals surface area contributed by atoms with Crippen LogP contribution in [0.4, 0.5) is 5.69 Å². The van der Waals surface area contributed by atoms with Gasteiger partial charge in [0.05, 0.1) is 10.5 Å². The molecule has 2 aromatic rings. The van der Waals surface area contributed by atoms with E-state index in [-0.39, 0.29) is 23.4 Å². The fourth-order valence-corrected chi connectivity index (χ4v) is 3.42. The first-order valence-electron chi connectivity index (χ1n) is 7.01. The molecule has 0 aromatic heterocycles. The van der Waals surface area contributed by atoms with Gasteiger partial charge in [-0.2, -0.15) is 0 Å². The zero-order valence-corrected chi connectivity index (χ0v) is 13.8. The number of hydrogen-bond acceptors (Lipinski definition) is 5. The van der Waals surface area contributed by atoms with E-state index in [1.54, 1.807) is 12.1 Å². The van der Waals surface area contributed by atoms with Crippen LogP contribution in [0.15, 0.2) is 47.4 Å². The number of halogens is 1. The maximum atomic E-state index is 12.4. The van der Waals surface area contributed by atoms with Crippen molar-refractivity contribution in [2.24, 2.45) is 0 Å². The van der Waals surface area contributed by atoms with Gasteiger partial charge in [-0.3, -0.25) is 24.6 Å². The second kappa shape index (κ2) is 6.62. The molecule has 2 aromatic carbocycles. The van der Waals surface area contributed by atoms with Crippen LogP contribution in [-0.4, -0.2) is 33.9 Å². The van der Waals surface area contributed by atoms with E-state index in [2.05, 4.69) is 0 Å². The summed E-state index contributed by atoms with van der Waals surface area (Å²) >= 11 is 7.29. The van der Waals surface area contributed by atoms with Crippen molar-refractivity contribution in [3.63, 3.8) is 0 Å². The number of carbonyl (C=O) groups is 2. The number of amides is 2. The Morgan fingerprint density at radius 1 is 1.08 bits per heavy atom. The van der Waals surface area contributed by atoms with E-state index < -0.39 is 16.7 Å². The summed E-state index contributed by atoms with van der Waals surface area (Å²) in [5, 5.41) is 11.7. The molecule has 6 nitrogen and oxygen atoms in total.